The Hall–Kier alpha value is -0.390. The maximum atomic E-state index is 11.4. The third-order valence-electron chi connectivity index (χ3n) is 3.47. The minimum atomic E-state index is -2.80. The van der Waals surface area contributed by atoms with E-state index < -0.39 is 9.84 Å². The van der Waals surface area contributed by atoms with Crippen molar-refractivity contribution in [3.63, 3.8) is 0 Å². The molecule has 17 heavy (non-hydrogen) atoms. The smallest absolute Gasteiger partial charge is 0.150 e. The molecule has 1 saturated heterocycles. The molecule has 0 bridgehead atoms. The zero-order chi connectivity index (χ0) is 12.7. The van der Waals surface area contributed by atoms with Crippen LogP contribution < -0.4 is 11.3 Å². The fraction of sp³-hybridized carbons (Fsp3) is 0.833. The number of hydrogen-bond acceptors (Lipinski definition) is 4. The highest BCUT2D eigenvalue weighted by Gasteiger charge is 2.32. The molecule has 1 heterocycles. The lowest BCUT2D eigenvalue weighted by molar-refractivity contribution is 0.355. The number of nitrogens with two attached hydrogens (primary N) is 1. The summed E-state index contributed by atoms with van der Waals surface area (Å²) in [5.74, 6) is 6.35. The third-order valence-corrected chi connectivity index (χ3v) is 5.27. The van der Waals surface area contributed by atoms with Crippen molar-refractivity contribution in [2.24, 2.45) is 11.8 Å². The highest BCUT2D eigenvalue weighted by Crippen LogP contribution is 2.24. The van der Waals surface area contributed by atoms with Crippen molar-refractivity contribution < 1.29 is 8.42 Å². The average Bonchev–Trinajstić information content (AvgIpc) is 2.64. The third kappa shape index (κ3) is 5.19. The van der Waals surface area contributed by atoms with Gasteiger partial charge in [-0.1, -0.05) is 18.9 Å². The van der Waals surface area contributed by atoms with Crippen LogP contribution in [-0.2, 0) is 9.84 Å². The number of hydrogen-bond donors (Lipinski definition) is 2. The van der Waals surface area contributed by atoms with E-state index in [-0.39, 0.29) is 12.0 Å². The molecule has 0 spiro atoms. The van der Waals surface area contributed by atoms with Crippen LogP contribution in [0.1, 0.15) is 38.5 Å². The van der Waals surface area contributed by atoms with Crippen molar-refractivity contribution in [2.75, 3.05) is 11.5 Å². The topological polar surface area (TPSA) is 72.2 Å². The first-order valence-corrected chi connectivity index (χ1v) is 8.18. The van der Waals surface area contributed by atoms with Gasteiger partial charge in [-0.25, -0.2) is 8.42 Å². The van der Waals surface area contributed by atoms with E-state index >= 15 is 0 Å². The maximum absolute atomic E-state index is 11.4. The largest absolute Gasteiger partial charge is 0.271 e. The Morgan fingerprint density at radius 3 is 2.71 bits per heavy atom. The van der Waals surface area contributed by atoms with Gasteiger partial charge >= 0.3 is 0 Å². The van der Waals surface area contributed by atoms with Gasteiger partial charge in [-0.2, -0.15) is 0 Å². The first-order valence-electron chi connectivity index (χ1n) is 6.36. The average molecular weight is 260 g/mol. The Kier molecular flexibility index (Phi) is 6.16. The number of allylic oxidation sites excluding steroid dienone is 1. The van der Waals surface area contributed by atoms with Crippen LogP contribution in [0.5, 0.6) is 0 Å². The molecule has 0 aromatic rings. The number of rotatable bonds is 8. The molecule has 1 fully saturated rings. The summed E-state index contributed by atoms with van der Waals surface area (Å²) < 4.78 is 22.8. The van der Waals surface area contributed by atoms with Gasteiger partial charge in [-0.15, -0.1) is 6.58 Å². The van der Waals surface area contributed by atoms with E-state index in [4.69, 9.17) is 5.84 Å². The molecular formula is C12H24N2O2S. The van der Waals surface area contributed by atoms with Gasteiger partial charge in [-0.3, -0.25) is 11.3 Å². The Bertz CT molecular complexity index is 327. The lowest BCUT2D eigenvalue weighted by Gasteiger charge is -2.21. The molecular weight excluding hydrogens is 236 g/mol. The lowest BCUT2D eigenvalue weighted by atomic mass is 9.94. The van der Waals surface area contributed by atoms with E-state index in [1.54, 1.807) is 0 Å². The van der Waals surface area contributed by atoms with E-state index in [0.29, 0.717) is 11.5 Å². The van der Waals surface area contributed by atoms with Crippen molar-refractivity contribution >= 4 is 9.84 Å². The summed E-state index contributed by atoms with van der Waals surface area (Å²) in [6.07, 6.45) is 8.12. The van der Waals surface area contributed by atoms with Crippen LogP contribution in [-0.4, -0.2) is 26.0 Å². The molecule has 1 aliphatic rings. The van der Waals surface area contributed by atoms with Crippen LogP contribution in [0, 0.1) is 5.92 Å². The fourth-order valence-electron chi connectivity index (χ4n) is 2.43. The van der Waals surface area contributed by atoms with Gasteiger partial charge in [-0.05, 0) is 31.6 Å². The summed E-state index contributed by atoms with van der Waals surface area (Å²) in [5, 5.41) is 0. The molecule has 1 aliphatic heterocycles. The van der Waals surface area contributed by atoms with E-state index in [0.717, 1.165) is 38.5 Å². The molecule has 4 nitrogen and oxygen atoms in total. The summed E-state index contributed by atoms with van der Waals surface area (Å²) in [6, 6.07) is 0.149. The summed E-state index contributed by atoms with van der Waals surface area (Å²) >= 11 is 0. The van der Waals surface area contributed by atoms with E-state index in [9.17, 15) is 8.42 Å². The SMILES string of the molecule is C=CCCCCCC(NN)C1CCS(=O)(=O)C1. The number of nitrogens with one attached hydrogen (secondary N) is 1. The van der Waals surface area contributed by atoms with Crippen molar-refractivity contribution in [1.29, 1.82) is 0 Å². The van der Waals surface area contributed by atoms with Crippen LogP contribution in [0.3, 0.4) is 0 Å². The highest BCUT2D eigenvalue weighted by molar-refractivity contribution is 7.91. The van der Waals surface area contributed by atoms with Gasteiger partial charge in [0.05, 0.1) is 11.5 Å². The molecule has 0 radical (unpaired) electrons. The van der Waals surface area contributed by atoms with Crippen LogP contribution in [0.4, 0.5) is 0 Å². The first-order chi connectivity index (χ1) is 8.09. The lowest BCUT2D eigenvalue weighted by Crippen LogP contribution is -2.41. The van der Waals surface area contributed by atoms with Crippen molar-refractivity contribution in [1.82, 2.24) is 5.43 Å². The van der Waals surface area contributed by atoms with Crippen LogP contribution >= 0.6 is 0 Å². The molecule has 1 rings (SSSR count). The van der Waals surface area contributed by atoms with Gasteiger partial charge in [0.1, 0.15) is 0 Å². The van der Waals surface area contributed by atoms with Crippen LogP contribution in [0.2, 0.25) is 0 Å². The van der Waals surface area contributed by atoms with E-state index in [1.807, 2.05) is 6.08 Å². The second-order valence-electron chi connectivity index (χ2n) is 4.86. The monoisotopic (exact) mass is 260 g/mol. The second kappa shape index (κ2) is 7.13. The summed E-state index contributed by atoms with van der Waals surface area (Å²) in [6.45, 7) is 3.69. The van der Waals surface area contributed by atoms with Gasteiger partial charge in [0, 0.05) is 6.04 Å². The molecule has 0 aromatic carbocycles. The van der Waals surface area contributed by atoms with E-state index in [2.05, 4.69) is 12.0 Å². The molecule has 0 aromatic heterocycles. The molecule has 3 N–H and O–H groups in total. The number of hydrazine groups is 1. The van der Waals surface area contributed by atoms with Crippen molar-refractivity contribution in [2.45, 2.75) is 44.6 Å². The minimum Gasteiger partial charge on any atom is -0.271 e. The maximum Gasteiger partial charge on any atom is 0.150 e. The van der Waals surface area contributed by atoms with Gasteiger partial charge in [0.2, 0.25) is 0 Å². The summed E-state index contributed by atoms with van der Waals surface area (Å²) in [5.41, 5.74) is 2.79. The van der Waals surface area contributed by atoms with Crippen LogP contribution in [0.15, 0.2) is 12.7 Å². The number of sulfone groups is 1. The van der Waals surface area contributed by atoms with Gasteiger partial charge in [0.15, 0.2) is 9.84 Å². The predicted octanol–water partition coefficient (Wildman–Crippen LogP) is 1.39. The summed E-state index contributed by atoms with van der Waals surface area (Å²) in [7, 11) is -2.80. The minimum absolute atomic E-state index is 0.149. The van der Waals surface area contributed by atoms with Crippen molar-refractivity contribution in [3.05, 3.63) is 12.7 Å². The normalized spacial score (nSPS) is 24.6. The Morgan fingerprint density at radius 2 is 2.18 bits per heavy atom. The predicted molar refractivity (Wildman–Crippen MR) is 71.2 cm³/mol. The highest BCUT2D eigenvalue weighted by atomic mass is 32.2. The van der Waals surface area contributed by atoms with E-state index in [1.165, 1.54) is 0 Å². The quantitative estimate of drug-likeness (QED) is 0.299. The molecule has 0 amide bonds. The van der Waals surface area contributed by atoms with Crippen LogP contribution in [0.25, 0.3) is 0 Å². The molecule has 2 unspecified atom stereocenters. The van der Waals surface area contributed by atoms with Gasteiger partial charge in [0.25, 0.3) is 0 Å². The number of unbranched alkanes of at least 4 members (excludes halogenated alkanes) is 3. The van der Waals surface area contributed by atoms with Gasteiger partial charge < -0.3 is 0 Å². The standard InChI is InChI=1S/C12H24N2O2S/c1-2-3-4-5-6-7-12(14-13)11-8-9-17(15,16)10-11/h2,11-12,14H,1,3-10,13H2. The molecule has 5 heteroatoms. The molecule has 0 saturated carbocycles. The second-order valence-corrected chi connectivity index (χ2v) is 7.09. The Labute approximate surface area is 105 Å². The Balaban J connectivity index is 2.27. The summed E-state index contributed by atoms with van der Waals surface area (Å²) in [4.78, 5) is 0. The molecule has 0 aliphatic carbocycles. The fourth-order valence-corrected chi connectivity index (χ4v) is 4.31. The van der Waals surface area contributed by atoms with Crippen molar-refractivity contribution in [3.8, 4) is 0 Å². The molecule has 100 valence electrons. The Morgan fingerprint density at radius 1 is 1.41 bits per heavy atom. The first kappa shape index (κ1) is 14.7. The zero-order valence-electron chi connectivity index (χ0n) is 10.4. The molecule has 2 atom stereocenters. The zero-order valence-corrected chi connectivity index (χ0v) is 11.2.